The summed E-state index contributed by atoms with van der Waals surface area (Å²) in [7, 11) is 0. The highest BCUT2D eigenvalue weighted by Crippen LogP contribution is 2.35. The van der Waals surface area contributed by atoms with Crippen LogP contribution in [-0.4, -0.2) is 10.1 Å². The van der Waals surface area contributed by atoms with Crippen molar-refractivity contribution in [2.24, 2.45) is 0 Å². The van der Waals surface area contributed by atoms with E-state index in [1.165, 1.54) is 5.56 Å². The van der Waals surface area contributed by atoms with Crippen LogP contribution in [0.25, 0.3) is 21.8 Å². The molecule has 1 aromatic heterocycles. The molecule has 0 atom stereocenters. The van der Waals surface area contributed by atoms with E-state index in [-0.39, 0.29) is 5.75 Å². The van der Waals surface area contributed by atoms with Gasteiger partial charge < -0.3 is 10.1 Å². The summed E-state index contributed by atoms with van der Waals surface area (Å²) in [6.45, 7) is 2.05. The van der Waals surface area contributed by atoms with E-state index in [0.29, 0.717) is 10.5 Å². The topological polar surface area (TPSA) is 36.0 Å². The normalized spacial score (nSPS) is 11.4. The molecule has 2 aromatic carbocycles. The van der Waals surface area contributed by atoms with Crippen LogP contribution in [0.4, 0.5) is 0 Å². The Morgan fingerprint density at radius 2 is 1.94 bits per heavy atom. The van der Waals surface area contributed by atoms with Gasteiger partial charge in [-0.25, -0.2) is 0 Å². The number of H-pyrrole nitrogens is 1. The van der Waals surface area contributed by atoms with Gasteiger partial charge in [0.25, 0.3) is 0 Å². The molecule has 2 N–H and O–H groups in total. The number of hydrogen-bond donors (Lipinski definition) is 2. The summed E-state index contributed by atoms with van der Waals surface area (Å²) in [5.41, 5.74) is 2.91. The second-order valence-corrected chi connectivity index (χ2v) is 4.40. The van der Waals surface area contributed by atoms with Gasteiger partial charge in [-0.1, -0.05) is 29.3 Å². The number of phenols is 1. The predicted octanol–water partition coefficient (Wildman–Crippen LogP) is 3.99. The van der Waals surface area contributed by atoms with Gasteiger partial charge in [-0.05, 0) is 25.1 Å². The maximum absolute atomic E-state index is 9.87. The Balaban J connectivity index is 2.56. The highest BCUT2D eigenvalue weighted by atomic mass is 35.5. The summed E-state index contributed by atoms with van der Waals surface area (Å²) in [5.74, 6) is 0.119. The number of aromatic hydroxyl groups is 1. The number of fused-ring (bicyclic) bond motifs is 3. The van der Waals surface area contributed by atoms with Crippen LogP contribution < -0.4 is 0 Å². The van der Waals surface area contributed by atoms with Crippen LogP contribution in [0.2, 0.25) is 5.02 Å². The van der Waals surface area contributed by atoms with E-state index in [1.807, 2.05) is 25.1 Å². The zero-order chi connectivity index (χ0) is 11.3. The lowest BCUT2D eigenvalue weighted by atomic mass is 10.1. The van der Waals surface area contributed by atoms with Gasteiger partial charge in [-0.3, -0.25) is 0 Å². The monoisotopic (exact) mass is 231 g/mol. The van der Waals surface area contributed by atoms with Gasteiger partial charge >= 0.3 is 0 Å². The molecule has 0 saturated carbocycles. The molecule has 1 heterocycles. The molecule has 80 valence electrons. The summed E-state index contributed by atoms with van der Waals surface area (Å²) in [6.07, 6.45) is 0. The number of phenolic OH excluding ortho intramolecular Hbond substituents is 1. The van der Waals surface area contributed by atoms with Crippen molar-refractivity contribution in [1.29, 1.82) is 0 Å². The molecular weight excluding hydrogens is 222 g/mol. The zero-order valence-electron chi connectivity index (χ0n) is 8.71. The van der Waals surface area contributed by atoms with Crippen LogP contribution in [0.3, 0.4) is 0 Å². The highest BCUT2D eigenvalue weighted by Gasteiger charge is 2.10. The lowest BCUT2D eigenvalue weighted by Crippen LogP contribution is -1.72. The Kier molecular flexibility index (Phi) is 1.88. The average Bonchev–Trinajstić information content (AvgIpc) is 2.62. The molecule has 0 fully saturated rings. The Hall–Kier alpha value is -1.67. The zero-order valence-corrected chi connectivity index (χ0v) is 9.47. The van der Waals surface area contributed by atoms with Gasteiger partial charge in [0, 0.05) is 16.3 Å². The first-order chi connectivity index (χ1) is 7.66. The second kappa shape index (κ2) is 3.16. The van der Waals surface area contributed by atoms with Crippen molar-refractivity contribution in [2.75, 3.05) is 0 Å². The van der Waals surface area contributed by atoms with Crippen LogP contribution in [0, 0.1) is 6.92 Å². The lowest BCUT2D eigenvalue weighted by molar-refractivity contribution is 0.481. The van der Waals surface area contributed by atoms with Crippen molar-refractivity contribution in [3.8, 4) is 5.75 Å². The Morgan fingerprint density at radius 3 is 2.75 bits per heavy atom. The molecule has 0 aliphatic carbocycles. The molecule has 0 aliphatic heterocycles. The van der Waals surface area contributed by atoms with Gasteiger partial charge in [0.05, 0.1) is 10.5 Å². The molecule has 16 heavy (non-hydrogen) atoms. The number of rotatable bonds is 0. The number of aromatic amines is 1. The fourth-order valence-corrected chi connectivity index (χ4v) is 2.20. The van der Waals surface area contributed by atoms with Crippen LogP contribution >= 0.6 is 11.6 Å². The molecule has 3 heteroatoms. The van der Waals surface area contributed by atoms with Crippen LogP contribution in [0.5, 0.6) is 5.75 Å². The first-order valence-electron chi connectivity index (χ1n) is 5.06. The van der Waals surface area contributed by atoms with E-state index in [2.05, 4.69) is 11.1 Å². The Morgan fingerprint density at radius 1 is 1.12 bits per heavy atom. The molecule has 0 unspecified atom stereocenters. The van der Waals surface area contributed by atoms with Crippen molar-refractivity contribution in [3.63, 3.8) is 0 Å². The van der Waals surface area contributed by atoms with Crippen LogP contribution in [0.15, 0.2) is 30.3 Å². The molecule has 0 bridgehead atoms. The van der Waals surface area contributed by atoms with Crippen molar-refractivity contribution in [1.82, 2.24) is 4.98 Å². The highest BCUT2D eigenvalue weighted by molar-refractivity contribution is 6.33. The first-order valence-corrected chi connectivity index (χ1v) is 5.44. The molecule has 0 saturated heterocycles. The van der Waals surface area contributed by atoms with E-state index >= 15 is 0 Å². The lowest BCUT2D eigenvalue weighted by Gasteiger charge is -1.97. The Bertz CT molecular complexity index is 700. The summed E-state index contributed by atoms with van der Waals surface area (Å²) in [5, 5.41) is 12.3. The number of benzene rings is 2. The average molecular weight is 232 g/mol. The molecule has 2 nitrogen and oxygen atoms in total. The van der Waals surface area contributed by atoms with Gasteiger partial charge in [0.2, 0.25) is 0 Å². The van der Waals surface area contributed by atoms with Crippen LogP contribution in [0.1, 0.15) is 5.56 Å². The third-order valence-electron chi connectivity index (χ3n) is 2.85. The molecule has 0 spiro atoms. The number of aromatic nitrogens is 1. The third-order valence-corrected chi connectivity index (χ3v) is 3.16. The van der Waals surface area contributed by atoms with Crippen molar-refractivity contribution >= 4 is 33.4 Å². The maximum atomic E-state index is 9.87. The van der Waals surface area contributed by atoms with Crippen LogP contribution in [-0.2, 0) is 0 Å². The van der Waals surface area contributed by atoms with Gasteiger partial charge in [0.1, 0.15) is 0 Å². The SMILES string of the molecule is Cc1ccc2[nH]c3c(O)c(Cl)ccc3c2c1. The molecule has 0 radical (unpaired) electrons. The van der Waals surface area contributed by atoms with E-state index in [1.54, 1.807) is 6.07 Å². The van der Waals surface area contributed by atoms with E-state index < -0.39 is 0 Å². The standard InChI is InChI=1S/C13H10ClNO/c1-7-2-5-11-9(6-7)8-3-4-10(14)13(16)12(8)15-11/h2-6,15-16H,1H3. The molecule has 0 aliphatic rings. The minimum Gasteiger partial charge on any atom is -0.504 e. The number of halogens is 1. The predicted molar refractivity (Wildman–Crippen MR) is 67.2 cm³/mol. The largest absolute Gasteiger partial charge is 0.504 e. The summed E-state index contributed by atoms with van der Waals surface area (Å²) >= 11 is 5.88. The minimum atomic E-state index is 0.119. The van der Waals surface area contributed by atoms with Crippen molar-refractivity contribution in [2.45, 2.75) is 6.92 Å². The van der Waals surface area contributed by atoms with E-state index in [4.69, 9.17) is 11.6 Å². The molecular formula is C13H10ClNO. The first kappa shape index (κ1) is 9.55. The van der Waals surface area contributed by atoms with E-state index in [9.17, 15) is 5.11 Å². The number of aryl methyl sites for hydroxylation is 1. The quantitative estimate of drug-likeness (QED) is 0.603. The number of nitrogens with one attached hydrogen (secondary N) is 1. The molecule has 0 amide bonds. The summed E-state index contributed by atoms with van der Waals surface area (Å²) < 4.78 is 0. The fourth-order valence-electron chi connectivity index (χ4n) is 2.04. The van der Waals surface area contributed by atoms with Gasteiger partial charge in [-0.2, -0.15) is 0 Å². The van der Waals surface area contributed by atoms with Crippen molar-refractivity contribution < 1.29 is 5.11 Å². The maximum Gasteiger partial charge on any atom is 0.158 e. The Labute approximate surface area is 97.5 Å². The van der Waals surface area contributed by atoms with Gasteiger partial charge in [0.15, 0.2) is 5.75 Å². The summed E-state index contributed by atoms with van der Waals surface area (Å²) in [4.78, 5) is 3.18. The third kappa shape index (κ3) is 1.20. The van der Waals surface area contributed by atoms with E-state index in [0.717, 1.165) is 16.3 Å². The smallest absolute Gasteiger partial charge is 0.158 e. The molecule has 3 aromatic rings. The van der Waals surface area contributed by atoms with Crippen molar-refractivity contribution in [3.05, 3.63) is 40.9 Å². The minimum absolute atomic E-state index is 0.119. The number of hydrogen-bond acceptors (Lipinski definition) is 1. The second-order valence-electron chi connectivity index (χ2n) is 3.99. The summed E-state index contributed by atoms with van der Waals surface area (Å²) in [6, 6.07) is 9.79. The van der Waals surface area contributed by atoms with Gasteiger partial charge in [-0.15, -0.1) is 0 Å². The molecule has 3 rings (SSSR count). The fraction of sp³-hybridized carbons (Fsp3) is 0.0769.